The second-order valence-electron chi connectivity index (χ2n) is 4.03. The molecule has 1 aromatic rings. The molecule has 8 heteroatoms. The van der Waals surface area contributed by atoms with E-state index >= 15 is 0 Å². The Morgan fingerprint density at radius 2 is 2.00 bits per heavy atom. The van der Waals surface area contributed by atoms with Crippen LogP contribution in [-0.4, -0.2) is 25.5 Å². The van der Waals surface area contributed by atoms with Crippen LogP contribution < -0.4 is 9.44 Å². The number of halogens is 1. The second kappa shape index (κ2) is 4.87. The lowest BCUT2D eigenvalue weighted by molar-refractivity contribution is 0.0697. The van der Waals surface area contributed by atoms with Gasteiger partial charge in [-0.2, -0.15) is 13.1 Å². The van der Waals surface area contributed by atoms with Crippen LogP contribution in [-0.2, 0) is 10.2 Å². The number of aromatic carboxylic acids is 1. The average molecular weight is 335 g/mol. The summed E-state index contributed by atoms with van der Waals surface area (Å²) in [6, 6.07) is 4.15. The van der Waals surface area contributed by atoms with Gasteiger partial charge in [0.1, 0.15) is 0 Å². The predicted octanol–water partition coefficient (Wildman–Crippen LogP) is 1.56. The first-order valence-corrected chi connectivity index (χ1v) is 7.47. The number of carboxylic acids is 1. The van der Waals surface area contributed by atoms with Crippen molar-refractivity contribution in [2.45, 2.75) is 18.9 Å². The van der Waals surface area contributed by atoms with Crippen molar-refractivity contribution in [1.82, 2.24) is 4.72 Å². The lowest BCUT2D eigenvalue weighted by atomic mass is 10.2. The molecule has 18 heavy (non-hydrogen) atoms. The summed E-state index contributed by atoms with van der Waals surface area (Å²) in [5.74, 6) is -1.12. The van der Waals surface area contributed by atoms with Gasteiger partial charge in [0.2, 0.25) is 0 Å². The Bertz CT molecular complexity index is 584. The van der Waals surface area contributed by atoms with Crippen molar-refractivity contribution in [3.8, 4) is 0 Å². The summed E-state index contributed by atoms with van der Waals surface area (Å²) in [5.41, 5.74) is 0.212. The third-order valence-corrected chi connectivity index (χ3v) is 3.90. The maximum absolute atomic E-state index is 11.7. The van der Waals surface area contributed by atoms with Crippen molar-refractivity contribution in [3.05, 3.63) is 28.2 Å². The van der Waals surface area contributed by atoms with Gasteiger partial charge < -0.3 is 5.11 Å². The molecule has 98 valence electrons. The Labute approximate surface area is 113 Å². The predicted molar refractivity (Wildman–Crippen MR) is 69.8 cm³/mol. The Hall–Kier alpha value is -1.12. The third-order valence-electron chi connectivity index (χ3n) is 2.30. The zero-order valence-electron chi connectivity index (χ0n) is 9.18. The molecule has 1 aliphatic rings. The highest BCUT2D eigenvalue weighted by molar-refractivity contribution is 9.10. The minimum absolute atomic E-state index is 0.00593. The lowest BCUT2D eigenvalue weighted by Gasteiger charge is -2.09. The van der Waals surface area contributed by atoms with E-state index in [1.807, 2.05) is 0 Å². The van der Waals surface area contributed by atoms with Crippen LogP contribution in [0.1, 0.15) is 23.2 Å². The minimum atomic E-state index is -3.64. The van der Waals surface area contributed by atoms with E-state index in [1.165, 1.54) is 18.2 Å². The monoisotopic (exact) mass is 334 g/mol. The van der Waals surface area contributed by atoms with Crippen molar-refractivity contribution < 1.29 is 18.3 Å². The molecule has 6 nitrogen and oxygen atoms in total. The number of hydrogen-bond acceptors (Lipinski definition) is 3. The number of hydrogen-bond donors (Lipinski definition) is 3. The molecule has 0 unspecified atom stereocenters. The Balaban J connectivity index is 2.20. The van der Waals surface area contributed by atoms with Gasteiger partial charge in [0.25, 0.3) is 10.2 Å². The highest BCUT2D eigenvalue weighted by atomic mass is 79.9. The summed E-state index contributed by atoms with van der Waals surface area (Å²) in [6.07, 6.45) is 1.67. The summed E-state index contributed by atoms with van der Waals surface area (Å²) in [5, 5.41) is 8.87. The van der Waals surface area contributed by atoms with Crippen LogP contribution >= 0.6 is 15.9 Å². The molecule has 0 aromatic heterocycles. The van der Waals surface area contributed by atoms with Crippen molar-refractivity contribution >= 4 is 37.8 Å². The van der Waals surface area contributed by atoms with Crippen LogP contribution in [0.5, 0.6) is 0 Å². The summed E-state index contributed by atoms with van der Waals surface area (Å²) >= 11 is 3.13. The van der Waals surface area contributed by atoms with Crippen LogP contribution in [0.2, 0.25) is 0 Å². The molecule has 0 saturated heterocycles. The molecule has 0 bridgehead atoms. The summed E-state index contributed by atoms with van der Waals surface area (Å²) in [7, 11) is -3.64. The van der Waals surface area contributed by atoms with Gasteiger partial charge in [-0.1, -0.05) is 15.9 Å². The third kappa shape index (κ3) is 3.69. The molecule has 0 atom stereocenters. The molecule has 1 aliphatic carbocycles. The maximum Gasteiger partial charge on any atom is 0.335 e. The van der Waals surface area contributed by atoms with E-state index in [-0.39, 0.29) is 17.3 Å². The molecule has 1 fully saturated rings. The first kappa shape index (κ1) is 13.3. The topological polar surface area (TPSA) is 95.5 Å². The second-order valence-corrected chi connectivity index (χ2v) is 6.39. The molecule has 0 aliphatic heterocycles. The molecule has 0 radical (unpaired) electrons. The van der Waals surface area contributed by atoms with E-state index in [1.54, 1.807) is 0 Å². The lowest BCUT2D eigenvalue weighted by Crippen LogP contribution is -2.31. The van der Waals surface area contributed by atoms with Gasteiger partial charge in [-0.15, -0.1) is 0 Å². The fraction of sp³-hybridized carbons (Fsp3) is 0.300. The Morgan fingerprint density at radius 1 is 1.33 bits per heavy atom. The highest BCUT2D eigenvalue weighted by Gasteiger charge is 2.26. The average Bonchev–Trinajstić information content (AvgIpc) is 2.98. The molecule has 1 aromatic carbocycles. The Kier molecular flexibility index (Phi) is 3.60. The van der Waals surface area contributed by atoms with Gasteiger partial charge in [0, 0.05) is 10.5 Å². The van der Waals surface area contributed by atoms with Gasteiger partial charge >= 0.3 is 5.97 Å². The first-order chi connectivity index (χ1) is 8.35. The fourth-order valence-corrected chi connectivity index (χ4v) is 3.03. The van der Waals surface area contributed by atoms with E-state index in [4.69, 9.17) is 5.11 Å². The molecule has 0 heterocycles. The SMILES string of the molecule is O=C(O)c1cc(Br)cc(NS(=O)(=O)NC2CC2)c1. The smallest absolute Gasteiger partial charge is 0.335 e. The van der Waals surface area contributed by atoms with Crippen molar-refractivity contribution in [2.24, 2.45) is 0 Å². The summed E-state index contributed by atoms with van der Waals surface area (Å²) in [6.45, 7) is 0. The van der Waals surface area contributed by atoms with E-state index in [9.17, 15) is 13.2 Å². The highest BCUT2D eigenvalue weighted by Crippen LogP contribution is 2.23. The largest absolute Gasteiger partial charge is 0.478 e. The van der Waals surface area contributed by atoms with Gasteiger partial charge in [0.05, 0.1) is 11.3 Å². The van der Waals surface area contributed by atoms with Gasteiger partial charge in [-0.3, -0.25) is 4.72 Å². The molecule has 0 amide bonds. The number of nitrogens with one attached hydrogen (secondary N) is 2. The zero-order chi connectivity index (χ0) is 13.3. The van der Waals surface area contributed by atoms with Crippen molar-refractivity contribution in [2.75, 3.05) is 4.72 Å². The van der Waals surface area contributed by atoms with E-state index in [2.05, 4.69) is 25.4 Å². The minimum Gasteiger partial charge on any atom is -0.478 e. The van der Waals surface area contributed by atoms with Crippen LogP contribution in [0.15, 0.2) is 22.7 Å². The van der Waals surface area contributed by atoms with Gasteiger partial charge in [0.15, 0.2) is 0 Å². The number of anilines is 1. The van der Waals surface area contributed by atoms with Gasteiger partial charge in [-0.25, -0.2) is 4.79 Å². The van der Waals surface area contributed by atoms with Gasteiger partial charge in [-0.05, 0) is 31.0 Å². The quantitative estimate of drug-likeness (QED) is 0.761. The molecule has 1 saturated carbocycles. The number of carbonyl (C=O) groups is 1. The maximum atomic E-state index is 11.7. The van der Waals surface area contributed by atoms with E-state index in [0.29, 0.717) is 4.47 Å². The van der Waals surface area contributed by atoms with E-state index < -0.39 is 16.2 Å². The number of carboxylic acid groups (broad SMARTS) is 1. The number of benzene rings is 1. The normalized spacial score (nSPS) is 15.4. The Morgan fingerprint density at radius 3 is 2.56 bits per heavy atom. The molecule has 3 N–H and O–H groups in total. The first-order valence-electron chi connectivity index (χ1n) is 5.20. The number of rotatable bonds is 5. The van der Waals surface area contributed by atoms with Crippen molar-refractivity contribution in [3.63, 3.8) is 0 Å². The van der Waals surface area contributed by atoms with Crippen LogP contribution in [0.25, 0.3) is 0 Å². The van der Waals surface area contributed by atoms with Crippen molar-refractivity contribution in [1.29, 1.82) is 0 Å². The zero-order valence-corrected chi connectivity index (χ0v) is 11.6. The van der Waals surface area contributed by atoms with E-state index in [0.717, 1.165) is 12.8 Å². The van der Waals surface area contributed by atoms with Crippen LogP contribution in [0.4, 0.5) is 5.69 Å². The summed E-state index contributed by atoms with van der Waals surface area (Å²) < 4.78 is 28.5. The molecular formula is C10H11BrN2O4S. The van der Waals surface area contributed by atoms with Crippen LogP contribution in [0.3, 0.4) is 0 Å². The fourth-order valence-electron chi connectivity index (χ4n) is 1.38. The molecule has 2 rings (SSSR count). The molecular weight excluding hydrogens is 324 g/mol. The summed E-state index contributed by atoms with van der Waals surface area (Å²) in [4.78, 5) is 10.8. The molecule has 0 spiro atoms. The standard InChI is InChI=1S/C10H11BrN2O4S/c11-7-3-6(10(14)15)4-9(5-7)13-18(16,17)12-8-1-2-8/h3-5,8,12-13H,1-2H2,(H,14,15). The van der Waals surface area contributed by atoms with Crippen LogP contribution in [0, 0.1) is 0 Å².